The summed E-state index contributed by atoms with van der Waals surface area (Å²) in [6.07, 6.45) is 3.78. The average Bonchev–Trinajstić information content (AvgIpc) is 2.16. The van der Waals surface area contributed by atoms with Gasteiger partial charge in [-0.1, -0.05) is 32.9 Å². The summed E-state index contributed by atoms with van der Waals surface area (Å²) in [6, 6.07) is 7.09. The third-order valence-corrected chi connectivity index (χ3v) is 3.94. The van der Waals surface area contributed by atoms with E-state index in [4.69, 9.17) is 0 Å². The maximum atomic E-state index is 12.9. The Hall–Kier alpha value is -0.850. The molecule has 1 saturated carbocycles. The minimum Gasteiger partial charge on any atom is -0.207 e. The first-order chi connectivity index (χ1) is 7.49. The summed E-state index contributed by atoms with van der Waals surface area (Å²) in [6.45, 7) is 6.99. The van der Waals surface area contributed by atoms with E-state index in [-0.39, 0.29) is 11.2 Å². The molecule has 0 radical (unpaired) electrons. The molecular formula is C15H21F. The number of halogens is 1. The van der Waals surface area contributed by atoms with E-state index >= 15 is 0 Å². The van der Waals surface area contributed by atoms with Gasteiger partial charge < -0.3 is 0 Å². The normalized spacial score (nSPS) is 35.0. The molecule has 1 aliphatic rings. The SMILES string of the molecule is CC1CC(C)CC(C)(c2ccc(F)cc2)C1. The zero-order valence-electron chi connectivity index (χ0n) is 10.5. The Kier molecular flexibility index (Phi) is 3.05. The largest absolute Gasteiger partial charge is 0.207 e. The van der Waals surface area contributed by atoms with Crippen LogP contribution in [-0.4, -0.2) is 0 Å². The molecule has 16 heavy (non-hydrogen) atoms. The molecule has 0 bridgehead atoms. The van der Waals surface area contributed by atoms with Crippen molar-refractivity contribution in [1.29, 1.82) is 0 Å². The van der Waals surface area contributed by atoms with Crippen LogP contribution in [0.5, 0.6) is 0 Å². The predicted octanol–water partition coefficient (Wildman–Crippen LogP) is 4.54. The molecule has 2 unspecified atom stereocenters. The van der Waals surface area contributed by atoms with Gasteiger partial charge in [-0.15, -0.1) is 0 Å². The van der Waals surface area contributed by atoms with Gasteiger partial charge in [0.25, 0.3) is 0 Å². The lowest BCUT2D eigenvalue weighted by atomic mass is 9.64. The van der Waals surface area contributed by atoms with E-state index < -0.39 is 0 Å². The Bertz CT molecular complexity index is 342. The van der Waals surface area contributed by atoms with E-state index in [9.17, 15) is 4.39 Å². The third-order valence-electron chi connectivity index (χ3n) is 3.94. The van der Waals surface area contributed by atoms with Gasteiger partial charge in [0.15, 0.2) is 0 Å². The second-order valence-corrected chi connectivity index (χ2v) is 5.92. The summed E-state index contributed by atoms with van der Waals surface area (Å²) in [5.74, 6) is 1.42. The molecule has 2 atom stereocenters. The Balaban J connectivity index is 2.26. The van der Waals surface area contributed by atoms with Crippen molar-refractivity contribution in [3.8, 4) is 0 Å². The molecule has 1 heteroatoms. The van der Waals surface area contributed by atoms with Crippen LogP contribution in [0.3, 0.4) is 0 Å². The van der Waals surface area contributed by atoms with Crippen LogP contribution in [0.2, 0.25) is 0 Å². The fraction of sp³-hybridized carbons (Fsp3) is 0.600. The maximum absolute atomic E-state index is 12.9. The zero-order chi connectivity index (χ0) is 11.8. The summed E-state index contributed by atoms with van der Waals surface area (Å²) < 4.78 is 12.9. The molecule has 1 aliphatic carbocycles. The van der Waals surface area contributed by atoms with Gasteiger partial charge in [0, 0.05) is 0 Å². The van der Waals surface area contributed by atoms with E-state index in [0.29, 0.717) is 0 Å². The molecule has 0 aliphatic heterocycles. The molecule has 1 aromatic carbocycles. The highest BCUT2D eigenvalue weighted by molar-refractivity contribution is 5.26. The molecule has 0 spiro atoms. The standard InChI is InChI=1S/C15H21F/c1-11-8-12(2)10-15(3,9-11)13-4-6-14(16)7-5-13/h4-7,11-12H,8-10H2,1-3H3. The van der Waals surface area contributed by atoms with E-state index in [1.54, 1.807) is 12.1 Å². The van der Waals surface area contributed by atoms with Crippen molar-refractivity contribution in [1.82, 2.24) is 0 Å². The van der Waals surface area contributed by atoms with Crippen LogP contribution < -0.4 is 0 Å². The lowest BCUT2D eigenvalue weighted by molar-refractivity contribution is 0.194. The van der Waals surface area contributed by atoms with E-state index in [1.165, 1.54) is 24.8 Å². The third kappa shape index (κ3) is 2.28. The van der Waals surface area contributed by atoms with E-state index in [0.717, 1.165) is 11.8 Å². The van der Waals surface area contributed by atoms with Gasteiger partial charge in [-0.25, -0.2) is 4.39 Å². The molecule has 0 saturated heterocycles. The molecule has 0 amide bonds. The first-order valence-corrected chi connectivity index (χ1v) is 6.26. The van der Waals surface area contributed by atoms with Gasteiger partial charge in [-0.05, 0) is 54.2 Å². The molecule has 0 nitrogen and oxygen atoms in total. The van der Waals surface area contributed by atoms with Gasteiger partial charge in [-0.3, -0.25) is 0 Å². The van der Waals surface area contributed by atoms with Gasteiger partial charge in [0.1, 0.15) is 5.82 Å². The maximum Gasteiger partial charge on any atom is 0.123 e. The minimum absolute atomic E-state index is 0.135. The Morgan fingerprint density at radius 3 is 2.06 bits per heavy atom. The van der Waals surface area contributed by atoms with Crippen molar-refractivity contribution in [2.45, 2.75) is 45.4 Å². The Morgan fingerprint density at radius 2 is 1.56 bits per heavy atom. The van der Waals surface area contributed by atoms with Gasteiger partial charge in [0.2, 0.25) is 0 Å². The molecule has 1 fully saturated rings. The summed E-state index contributed by atoms with van der Waals surface area (Å²) >= 11 is 0. The second-order valence-electron chi connectivity index (χ2n) is 5.92. The van der Waals surface area contributed by atoms with Crippen molar-refractivity contribution in [3.63, 3.8) is 0 Å². The van der Waals surface area contributed by atoms with Crippen molar-refractivity contribution < 1.29 is 4.39 Å². The van der Waals surface area contributed by atoms with Crippen molar-refractivity contribution >= 4 is 0 Å². The number of hydrogen-bond donors (Lipinski definition) is 0. The minimum atomic E-state index is -0.135. The lowest BCUT2D eigenvalue weighted by Crippen LogP contribution is -2.32. The summed E-state index contributed by atoms with van der Waals surface area (Å²) in [5, 5.41) is 0. The highest BCUT2D eigenvalue weighted by atomic mass is 19.1. The molecule has 0 aromatic heterocycles. The fourth-order valence-corrected chi connectivity index (χ4v) is 3.56. The second kappa shape index (κ2) is 4.20. The zero-order valence-corrected chi connectivity index (χ0v) is 10.5. The summed E-state index contributed by atoms with van der Waals surface area (Å²) in [4.78, 5) is 0. The number of benzene rings is 1. The van der Waals surface area contributed by atoms with Crippen molar-refractivity contribution in [2.24, 2.45) is 11.8 Å². The first-order valence-electron chi connectivity index (χ1n) is 6.26. The molecule has 2 rings (SSSR count). The van der Waals surface area contributed by atoms with Crippen molar-refractivity contribution in [2.75, 3.05) is 0 Å². The average molecular weight is 220 g/mol. The van der Waals surface area contributed by atoms with Crippen LogP contribution in [0.1, 0.15) is 45.6 Å². The lowest BCUT2D eigenvalue weighted by Gasteiger charge is -2.41. The fourth-order valence-electron chi connectivity index (χ4n) is 3.56. The predicted molar refractivity (Wildman–Crippen MR) is 65.9 cm³/mol. The molecule has 0 N–H and O–H groups in total. The number of hydrogen-bond acceptors (Lipinski definition) is 0. The highest BCUT2D eigenvalue weighted by Gasteiger charge is 2.35. The molecular weight excluding hydrogens is 199 g/mol. The van der Waals surface area contributed by atoms with Crippen molar-refractivity contribution in [3.05, 3.63) is 35.6 Å². The quantitative estimate of drug-likeness (QED) is 0.652. The number of rotatable bonds is 1. The van der Waals surface area contributed by atoms with Gasteiger partial charge >= 0.3 is 0 Å². The summed E-state index contributed by atoms with van der Waals surface area (Å²) in [5.41, 5.74) is 1.54. The monoisotopic (exact) mass is 220 g/mol. The summed E-state index contributed by atoms with van der Waals surface area (Å²) in [7, 11) is 0. The van der Waals surface area contributed by atoms with Crippen LogP contribution in [0.25, 0.3) is 0 Å². The van der Waals surface area contributed by atoms with E-state index in [1.807, 2.05) is 12.1 Å². The van der Waals surface area contributed by atoms with Crippen LogP contribution >= 0.6 is 0 Å². The highest BCUT2D eigenvalue weighted by Crippen LogP contribution is 2.43. The first kappa shape index (κ1) is 11.6. The molecule has 1 aromatic rings. The van der Waals surface area contributed by atoms with Crippen LogP contribution in [0.4, 0.5) is 4.39 Å². The van der Waals surface area contributed by atoms with Gasteiger partial charge in [-0.2, -0.15) is 0 Å². The van der Waals surface area contributed by atoms with Crippen LogP contribution in [0, 0.1) is 17.7 Å². The Morgan fingerprint density at radius 1 is 1.06 bits per heavy atom. The molecule has 88 valence electrons. The molecule has 0 heterocycles. The smallest absolute Gasteiger partial charge is 0.123 e. The van der Waals surface area contributed by atoms with Gasteiger partial charge in [0.05, 0.1) is 0 Å². The van der Waals surface area contributed by atoms with Crippen LogP contribution in [-0.2, 0) is 5.41 Å². The topological polar surface area (TPSA) is 0 Å². The Labute approximate surface area is 97.9 Å². The van der Waals surface area contributed by atoms with E-state index in [2.05, 4.69) is 20.8 Å². The van der Waals surface area contributed by atoms with Crippen LogP contribution in [0.15, 0.2) is 24.3 Å².